The second-order valence-corrected chi connectivity index (χ2v) is 10.6. The third kappa shape index (κ3) is 4.02. The van der Waals surface area contributed by atoms with Gasteiger partial charge in [0.2, 0.25) is 0 Å². The molecule has 0 atom stereocenters. The number of fused-ring (bicyclic) bond motifs is 3. The molecule has 6 nitrogen and oxygen atoms in total. The van der Waals surface area contributed by atoms with Crippen LogP contribution in [0.3, 0.4) is 0 Å². The highest BCUT2D eigenvalue weighted by Gasteiger charge is 2.34. The first-order valence-corrected chi connectivity index (χ1v) is 13.4. The van der Waals surface area contributed by atoms with Crippen LogP contribution in [0.2, 0.25) is 0 Å². The predicted octanol–water partition coefficient (Wildman–Crippen LogP) is 4.96. The molecule has 3 N–H and O–H groups in total. The summed E-state index contributed by atoms with van der Waals surface area (Å²) in [6, 6.07) is 23.7. The Balaban J connectivity index is 1.34. The maximum Gasteiger partial charge on any atom is 0.146 e. The van der Waals surface area contributed by atoms with Gasteiger partial charge in [-0.15, -0.1) is 0 Å². The molecule has 2 aromatic carbocycles. The number of hydrogen-bond donors (Lipinski definition) is 2. The van der Waals surface area contributed by atoms with Gasteiger partial charge in [0.15, 0.2) is 0 Å². The first-order chi connectivity index (χ1) is 18.2. The molecular formula is C31H32N6. The van der Waals surface area contributed by atoms with Gasteiger partial charge >= 0.3 is 0 Å². The van der Waals surface area contributed by atoms with E-state index in [1.54, 1.807) is 0 Å². The smallest absolute Gasteiger partial charge is 0.146 e. The Bertz CT molecular complexity index is 1560. The molecule has 0 unspecified atom stereocenters. The normalized spacial score (nSPS) is 17.8. The number of rotatable bonds is 5. The van der Waals surface area contributed by atoms with Crippen molar-refractivity contribution in [2.75, 3.05) is 26.2 Å². The fourth-order valence-electron chi connectivity index (χ4n) is 5.82. The van der Waals surface area contributed by atoms with E-state index in [2.05, 4.69) is 87.5 Å². The van der Waals surface area contributed by atoms with E-state index in [0.29, 0.717) is 0 Å². The minimum Gasteiger partial charge on any atom is -0.321 e. The van der Waals surface area contributed by atoms with Crippen molar-refractivity contribution in [1.29, 1.82) is 0 Å². The van der Waals surface area contributed by atoms with Gasteiger partial charge in [-0.25, -0.2) is 9.97 Å². The van der Waals surface area contributed by atoms with Crippen molar-refractivity contribution in [2.45, 2.75) is 31.3 Å². The number of hydrogen-bond acceptors (Lipinski definition) is 5. The zero-order chi connectivity index (χ0) is 24.8. The number of pyridine rings is 2. The van der Waals surface area contributed by atoms with Gasteiger partial charge in [-0.3, -0.25) is 4.90 Å². The van der Waals surface area contributed by atoms with Crippen LogP contribution in [-0.4, -0.2) is 45.4 Å². The summed E-state index contributed by atoms with van der Waals surface area (Å²) in [5, 5.41) is 4.51. The number of piperazine rings is 1. The Morgan fingerprint density at radius 1 is 0.919 bits per heavy atom. The van der Waals surface area contributed by atoms with Crippen LogP contribution in [0, 0.1) is 0 Å². The van der Waals surface area contributed by atoms with Crippen LogP contribution in [-0.2, 0) is 12.1 Å². The first kappa shape index (κ1) is 22.6. The van der Waals surface area contributed by atoms with Crippen LogP contribution in [0.1, 0.15) is 30.5 Å². The number of benzene rings is 2. The fraction of sp³-hybridized carbons (Fsp3) is 0.290. The topological polar surface area (TPSA) is 71.5 Å². The molecule has 0 radical (unpaired) electrons. The maximum atomic E-state index is 6.59. The molecule has 1 saturated carbocycles. The fourth-order valence-corrected chi connectivity index (χ4v) is 5.82. The summed E-state index contributed by atoms with van der Waals surface area (Å²) in [5.41, 5.74) is 15.2. The zero-order valence-electron chi connectivity index (χ0n) is 21.0. The van der Waals surface area contributed by atoms with Crippen LogP contribution >= 0.6 is 0 Å². The highest BCUT2D eigenvalue weighted by molar-refractivity contribution is 5.98. The Morgan fingerprint density at radius 3 is 2.43 bits per heavy atom. The molecule has 2 fully saturated rings. The summed E-state index contributed by atoms with van der Waals surface area (Å²) < 4.78 is 2.23. The van der Waals surface area contributed by atoms with Gasteiger partial charge in [-0.1, -0.05) is 54.6 Å². The van der Waals surface area contributed by atoms with Gasteiger partial charge in [0.25, 0.3) is 0 Å². The molecule has 186 valence electrons. The van der Waals surface area contributed by atoms with Crippen LogP contribution in [0.15, 0.2) is 79.1 Å². The zero-order valence-corrected chi connectivity index (χ0v) is 21.0. The third-order valence-electron chi connectivity index (χ3n) is 8.21. The molecule has 0 bridgehead atoms. The summed E-state index contributed by atoms with van der Waals surface area (Å²) in [6.45, 7) is 5.11. The van der Waals surface area contributed by atoms with Crippen molar-refractivity contribution >= 4 is 16.6 Å². The van der Waals surface area contributed by atoms with Gasteiger partial charge in [0, 0.05) is 61.0 Å². The van der Waals surface area contributed by atoms with Gasteiger partial charge in [0.05, 0.1) is 23.1 Å². The van der Waals surface area contributed by atoms with E-state index in [-0.39, 0.29) is 5.54 Å². The van der Waals surface area contributed by atoms with Crippen molar-refractivity contribution < 1.29 is 0 Å². The number of nitrogens with zero attached hydrogens (tertiary/aromatic N) is 4. The summed E-state index contributed by atoms with van der Waals surface area (Å²) in [5.74, 6) is 0. The molecule has 6 heteroatoms. The molecule has 0 spiro atoms. The van der Waals surface area contributed by atoms with E-state index in [0.717, 1.165) is 84.5 Å². The molecule has 2 aliphatic rings. The SMILES string of the molecule is NC1(c2ccc(-c3nc4ccn5c(CN6CCNCC6)cnc5c4cc3-c3ccccc3)cc2)CCC1. The van der Waals surface area contributed by atoms with E-state index in [9.17, 15) is 0 Å². The summed E-state index contributed by atoms with van der Waals surface area (Å²) in [7, 11) is 0. The van der Waals surface area contributed by atoms with Crippen molar-refractivity contribution in [2.24, 2.45) is 5.73 Å². The lowest BCUT2D eigenvalue weighted by Gasteiger charge is -2.38. The van der Waals surface area contributed by atoms with E-state index in [4.69, 9.17) is 15.7 Å². The molecule has 1 aliphatic heterocycles. The van der Waals surface area contributed by atoms with Crippen LogP contribution in [0.25, 0.3) is 38.9 Å². The highest BCUT2D eigenvalue weighted by Crippen LogP contribution is 2.40. The second kappa shape index (κ2) is 9.06. The lowest BCUT2D eigenvalue weighted by Crippen LogP contribution is -2.43. The molecule has 5 aromatic rings. The van der Waals surface area contributed by atoms with E-state index >= 15 is 0 Å². The van der Waals surface area contributed by atoms with Gasteiger partial charge in [-0.2, -0.15) is 0 Å². The summed E-state index contributed by atoms with van der Waals surface area (Å²) in [6.07, 6.45) is 7.48. The quantitative estimate of drug-likeness (QED) is 0.366. The van der Waals surface area contributed by atoms with Crippen molar-refractivity contribution in [3.63, 3.8) is 0 Å². The molecule has 7 rings (SSSR count). The Hall–Kier alpha value is -3.58. The minimum atomic E-state index is -0.160. The van der Waals surface area contributed by atoms with Crippen LogP contribution in [0.5, 0.6) is 0 Å². The molecule has 37 heavy (non-hydrogen) atoms. The standard InChI is InChI=1S/C31H32N6/c32-31(12-4-13-31)24-9-7-23(8-10-24)29-26(22-5-2-1-3-6-22)19-27-28(35-29)11-16-37-25(20-34-30(27)37)21-36-17-14-33-15-18-36/h1-3,5-11,16,19-20,33H,4,12-15,17-18,21,32H2. The van der Waals surface area contributed by atoms with E-state index in [1.165, 1.54) is 17.7 Å². The second-order valence-electron chi connectivity index (χ2n) is 10.6. The highest BCUT2D eigenvalue weighted by atomic mass is 15.2. The number of aromatic nitrogens is 3. The predicted molar refractivity (Wildman–Crippen MR) is 149 cm³/mol. The van der Waals surface area contributed by atoms with E-state index < -0.39 is 0 Å². The van der Waals surface area contributed by atoms with Crippen molar-refractivity contribution in [1.82, 2.24) is 24.6 Å². The average molecular weight is 489 g/mol. The maximum absolute atomic E-state index is 6.59. The van der Waals surface area contributed by atoms with Gasteiger partial charge < -0.3 is 15.5 Å². The lowest BCUT2D eigenvalue weighted by molar-refractivity contribution is 0.230. The molecule has 4 heterocycles. The largest absolute Gasteiger partial charge is 0.321 e. The van der Waals surface area contributed by atoms with Gasteiger partial charge in [-0.05, 0) is 42.5 Å². The van der Waals surface area contributed by atoms with E-state index in [1.807, 2.05) is 6.20 Å². The Labute approximate surface area is 217 Å². The number of nitrogens with one attached hydrogen (secondary N) is 1. The monoisotopic (exact) mass is 488 g/mol. The third-order valence-corrected chi connectivity index (χ3v) is 8.21. The average Bonchev–Trinajstić information content (AvgIpc) is 3.35. The van der Waals surface area contributed by atoms with Crippen LogP contribution in [0.4, 0.5) is 0 Å². The summed E-state index contributed by atoms with van der Waals surface area (Å²) >= 11 is 0. The van der Waals surface area contributed by atoms with Gasteiger partial charge in [0.1, 0.15) is 5.65 Å². The number of nitrogens with two attached hydrogens (primary N) is 1. The van der Waals surface area contributed by atoms with Crippen molar-refractivity contribution in [3.8, 4) is 22.4 Å². The molecular weight excluding hydrogens is 456 g/mol. The minimum absolute atomic E-state index is 0.160. The van der Waals surface area contributed by atoms with Crippen molar-refractivity contribution in [3.05, 3.63) is 90.4 Å². The Morgan fingerprint density at radius 2 is 1.70 bits per heavy atom. The molecule has 3 aromatic heterocycles. The number of imidazole rings is 1. The summed E-state index contributed by atoms with van der Waals surface area (Å²) in [4.78, 5) is 12.6. The lowest BCUT2D eigenvalue weighted by atomic mass is 9.72. The van der Waals surface area contributed by atoms with Crippen LogP contribution < -0.4 is 11.1 Å². The Kier molecular flexibility index (Phi) is 5.54. The molecule has 0 amide bonds. The first-order valence-electron chi connectivity index (χ1n) is 13.4. The molecule has 1 saturated heterocycles. The molecule has 1 aliphatic carbocycles.